The fraction of sp³-hybridized carbons (Fsp3) is 0.500. The summed E-state index contributed by atoms with van der Waals surface area (Å²) in [7, 11) is 0. The van der Waals surface area contributed by atoms with Crippen LogP contribution in [-0.4, -0.2) is 16.8 Å². The van der Waals surface area contributed by atoms with Crippen LogP contribution in [0, 0.1) is 25.6 Å². The Kier molecular flexibility index (Phi) is 5.58. The molecule has 0 bridgehead atoms. The molecule has 0 amide bonds. The Morgan fingerprint density at radius 2 is 2.05 bits per heavy atom. The second-order valence-electron chi connectivity index (χ2n) is 6.23. The first kappa shape index (κ1) is 16.5. The van der Waals surface area contributed by atoms with E-state index in [0.29, 0.717) is 18.3 Å². The highest BCUT2D eigenvalue weighted by molar-refractivity contribution is 5.30. The van der Waals surface area contributed by atoms with Crippen LogP contribution in [-0.2, 0) is 12.8 Å². The molecule has 2 rings (SSSR count). The predicted molar refractivity (Wildman–Crippen MR) is 86.8 cm³/mol. The normalized spacial score (nSPS) is 11.2. The largest absolute Gasteiger partial charge is 0.490 e. The molecule has 0 fully saturated rings. The first-order valence-corrected chi connectivity index (χ1v) is 7.89. The molecule has 1 aromatic heterocycles. The summed E-state index contributed by atoms with van der Waals surface area (Å²) in [6, 6.07) is 5.15. The fourth-order valence-corrected chi connectivity index (χ4v) is 2.63. The SMILES string of the molecule is Cc1n[nH]c(C)c1CCCOc1cc(CC(C)C)ccc1F. The smallest absolute Gasteiger partial charge is 0.165 e. The van der Waals surface area contributed by atoms with Crippen molar-refractivity contribution < 1.29 is 9.13 Å². The lowest BCUT2D eigenvalue weighted by molar-refractivity contribution is 0.295. The van der Waals surface area contributed by atoms with Gasteiger partial charge in [0.2, 0.25) is 0 Å². The van der Waals surface area contributed by atoms with Crippen molar-refractivity contribution in [2.75, 3.05) is 6.61 Å². The van der Waals surface area contributed by atoms with Crippen molar-refractivity contribution in [3.8, 4) is 5.75 Å². The Hall–Kier alpha value is -1.84. The van der Waals surface area contributed by atoms with Gasteiger partial charge in [0.1, 0.15) is 0 Å². The van der Waals surface area contributed by atoms with E-state index in [1.54, 1.807) is 0 Å². The topological polar surface area (TPSA) is 37.9 Å². The number of aromatic amines is 1. The first-order chi connectivity index (χ1) is 10.5. The number of ether oxygens (including phenoxy) is 1. The molecule has 22 heavy (non-hydrogen) atoms. The molecule has 0 atom stereocenters. The minimum atomic E-state index is -0.289. The van der Waals surface area contributed by atoms with Crippen LogP contribution in [0.25, 0.3) is 0 Å². The lowest BCUT2D eigenvalue weighted by Gasteiger charge is -2.10. The van der Waals surface area contributed by atoms with Crippen LogP contribution in [0.3, 0.4) is 0 Å². The molecular weight excluding hydrogens is 279 g/mol. The highest BCUT2D eigenvalue weighted by atomic mass is 19.1. The minimum absolute atomic E-state index is 0.289. The number of aromatic nitrogens is 2. The van der Waals surface area contributed by atoms with Crippen molar-refractivity contribution in [3.63, 3.8) is 0 Å². The molecule has 0 saturated carbocycles. The first-order valence-electron chi connectivity index (χ1n) is 7.89. The molecule has 0 spiro atoms. The van der Waals surface area contributed by atoms with E-state index in [4.69, 9.17) is 4.74 Å². The molecule has 0 aliphatic heterocycles. The zero-order valence-corrected chi connectivity index (χ0v) is 13.9. The van der Waals surface area contributed by atoms with Gasteiger partial charge in [-0.15, -0.1) is 0 Å². The summed E-state index contributed by atoms with van der Waals surface area (Å²) in [5.41, 5.74) is 4.48. The summed E-state index contributed by atoms with van der Waals surface area (Å²) in [6.07, 6.45) is 2.67. The number of hydrogen-bond donors (Lipinski definition) is 1. The maximum atomic E-state index is 13.8. The summed E-state index contributed by atoms with van der Waals surface area (Å²) in [5.74, 6) is 0.618. The van der Waals surface area contributed by atoms with E-state index >= 15 is 0 Å². The molecule has 4 heteroatoms. The Morgan fingerprint density at radius 1 is 1.27 bits per heavy atom. The Bertz CT molecular complexity index is 600. The van der Waals surface area contributed by atoms with Crippen LogP contribution in [0.1, 0.15) is 42.8 Å². The summed E-state index contributed by atoms with van der Waals surface area (Å²) in [4.78, 5) is 0. The second-order valence-corrected chi connectivity index (χ2v) is 6.23. The fourth-order valence-electron chi connectivity index (χ4n) is 2.63. The number of hydrogen-bond acceptors (Lipinski definition) is 2. The van der Waals surface area contributed by atoms with Gasteiger partial charge in [-0.2, -0.15) is 5.10 Å². The highest BCUT2D eigenvalue weighted by Crippen LogP contribution is 2.21. The molecule has 2 aromatic rings. The molecule has 1 heterocycles. The predicted octanol–water partition coefficient (Wildman–Crippen LogP) is 4.38. The van der Waals surface area contributed by atoms with Gasteiger partial charge in [-0.05, 0) is 62.3 Å². The lowest BCUT2D eigenvalue weighted by Crippen LogP contribution is -2.03. The van der Waals surface area contributed by atoms with Crippen molar-refractivity contribution in [2.45, 2.75) is 47.0 Å². The van der Waals surface area contributed by atoms with Gasteiger partial charge < -0.3 is 4.74 Å². The van der Waals surface area contributed by atoms with E-state index in [0.717, 1.165) is 36.2 Å². The Balaban J connectivity index is 1.88. The molecular formula is C18H25FN2O. The summed E-state index contributed by atoms with van der Waals surface area (Å²) in [5, 5.41) is 7.16. The minimum Gasteiger partial charge on any atom is -0.490 e. The number of H-pyrrole nitrogens is 1. The van der Waals surface area contributed by atoms with Crippen LogP contribution < -0.4 is 4.74 Å². The number of halogens is 1. The second kappa shape index (κ2) is 7.43. The molecule has 0 saturated heterocycles. The average molecular weight is 304 g/mol. The monoisotopic (exact) mass is 304 g/mol. The molecule has 1 N–H and O–H groups in total. The van der Waals surface area contributed by atoms with Gasteiger partial charge in [0, 0.05) is 5.69 Å². The van der Waals surface area contributed by atoms with Crippen LogP contribution in [0.15, 0.2) is 18.2 Å². The third kappa shape index (κ3) is 4.33. The standard InChI is InChI=1S/C18H25FN2O/c1-12(2)10-15-7-8-17(19)18(11-15)22-9-5-6-16-13(3)20-21-14(16)4/h7-8,11-12H,5-6,9-10H2,1-4H3,(H,20,21). The number of rotatable bonds is 7. The molecule has 0 aliphatic rings. The third-order valence-corrected chi connectivity index (χ3v) is 3.75. The summed E-state index contributed by atoms with van der Waals surface area (Å²) < 4.78 is 19.4. The third-order valence-electron chi connectivity index (χ3n) is 3.75. The Morgan fingerprint density at radius 3 is 2.68 bits per heavy atom. The Labute approximate surface area is 131 Å². The van der Waals surface area contributed by atoms with E-state index in [1.807, 2.05) is 26.0 Å². The van der Waals surface area contributed by atoms with Crippen LogP contribution >= 0.6 is 0 Å². The van der Waals surface area contributed by atoms with E-state index in [2.05, 4.69) is 24.0 Å². The molecule has 0 unspecified atom stereocenters. The van der Waals surface area contributed by atoms with Gasteiger partial charge in [0.15, 0.2) is 11.6 Å². The molecule has 1 aromatic carbocycles. The molecule has 0 radical (unpaired) electrons. The van der Waals surface area contributed by atoms with Crippen LogP contribution in [0.2, 0.25) is 0 Å². The van der Waals surface area contributed by atoms with Crippen LogP contribution in [0.5, 0.6) is 5.75 Å². The van der Waals surface area contributed by atoms with Gasteiger partial charge in [0.25, 0.3) is 0 Å². The van der Waals surface area contributed by atoms with Crippen molar-refractivity contribution in [2.24, 2.45) is 5.92 Å². The number of benzene rings is 1. The van der Waals surface area contributed by atoms with E-state index < -0.39 is 0 Å². The molecule has 3 nitrogen and oxygen atoms in total. The maximum Gasteiger partial charge on any atom is 0.165 e. The van der Waals surface area contributed by atoms with Crippen LogP contribution in [0.4, 0.5) is 4.39 Å². The van der Waals surface area contributed by atoms with Crippen molar-refractivity contribution in [1.29, 1.82) is 0 Å². The van der Waals surface area contributed by atoms with Gasteiger partial charge in [0.05, 0.1) is 12.3 Å². The van der Waals surface area contributed by atoms with Gasteiger partial charge in [-0.1, -0.05) is 19.9 Å². The van der Waals surface area contributed by atoms with E-state index in [1.165, 1.54) is 11.6 Å². The van der Waals surface area contributed by atoms with E-state index in [-0.39, 0.29) is 5.82 Å². The van der Waals surface area contributed by atoms with Gasteiger partial charge in [-0.25, -0.2) is 4.39 Å². The maximum absolute atomic E-state index is 13.8. The van der Waals surface area contributed by atoms with Crippen molar-refractivity contribution in [1.82, 2.24) is 10.2 Å². The lowest BCUT2D eigenvalue weighted by atomic mass is 10.0. The number of nitrogens with zero attached hydrogens (tertiary/aromatic N) is 1. The molecule has 120 valence electrons. The average Bonchev–Trinajstić information content (AvgIpc) is 2.77. The zero-order valence-electron chi connectivity index (χ0n) is 13.9. The zero-order chi connectivity index (χ0) is 16.1. The van der Waals surface area contributed by atoms with Gasteiger partial charge >= 0.3 is 0 Å². The van der Waals surface area contributed by atoms with Gasteiger partial charge in [-0.3, -0.25) is 5.10 Å². The summed E-state index contributed by atoms with van der Waals surface area (Å²) >= 11 is 0. The highest BCUT2D eigenvalue weighted by Gasteiger charge is 2.08. The number of nitrogens with one attached hydrogen (secondary N) is 1. The van der Waals surface area contributed by atoms with E-state index in [9.17, 15) is 4.39 Å². The van der Waals surface area contributed by atoms with Crippen molar-refractivity contribution >= 4 is 0 Å². The van der Waals surface area contributed by atoms with Crippen molar-refractivity contribution in [3.05, 3.63) is 46.5 Å². The quantitative estimate of drug-likeness (QED) is 0.771. The molecule has 0 aliphatic carbocycles. The summed E-state index contributed by atoms with van der Waals surface area (Å²) in [6.45, 7) is 8.82. The number of aryl methyl sites for hydroxylation is 2.